The predicted octanol–water partition coefficient (Wildman–Crippen LogP) is 3.64. The summed E-state index contributed by atoms with van der Waals surface area (Å²) >= 11 is 0. The van der Waals surface area contributed by atoms with E-state index >= 15 is 0 Å². The predicted molar refractivity (Wildman–Crippen MR) is 93.6 cm³/mol. The second-order valence-corrected chi connectivity index (χ2v) is 7.11. The maximum Gasteiger partial charge on any atom is 0.410 e. The number of rotatable bonds is 7. The van der Waals surface area contributed by atoms with E-state index < -0.39 is 5.60 Å². The van der Waals surface area contributed by atoms with E-state index in [-0.39, 0.29) is 24.7 Å². The molecule has 0 spiro atoms. The lowest BCUT2D eigenvalue weighted by Gasteiger charge is -2.46. The average Bonchev–Trinajstić information content (AvgIpc) is 2.59. The first-order chi connectivity index (χ1) is 11.4. The number of carbonyl (C=O) groups excluding carboxylic acids is 1. The van der Waals surface area contributed by atoms with Gasteiger partial charge in [0.05, 0.1) is 18.9 Å². The third kappa shape index (κ3) is 3.94. The first-order valence-corrected chi connectivity index (χ1v) is 8.97. The fourth-order valence-electron chi connectivity index (χ4n) is 3.64. The van der Waals surface area contributed by atoms with Crippen molar-refractivity contribution in [1.82, 2.24) is 4.90 Å². The summed E-state index contributed by atoms with van der Waals surface area (Å²) in [5.74, 6) is 1.22. The zero-order valence-corrected chi connectivity index (χ0v) is 15.4. The highest BCUT2D eigenvalue weighted by molar-refractivity contribution is 5.70. The van der Waals surface area contributed by atoms with Crippen molar-refractivity contribution in [3.05, 3.63) is 23.5 Å². The van der Waals surface area contributed by atoms with E-state index in [1.807, 2.05) is 11.0 Å². The van der Waals surface area contributed by atoms with Crippen molar-refractivity contribution >= 4 is 6.09 Å². The van der Waals surface area contributed by atoms with E-state index in [9.17, 15) is 4.79 Å². The van der Waals surface area contributed by atoms with Gasteiger partial charge in [0.1, 0.15) is 5.60 Å². The number of carbonyl (C=O) groups is 1. The summed E-state index contributed by atoms with van der Waals surface area (Å²) in [6.07, 6.45) is 7.80. The monoisotopic (exact) mass is 337 g/mol. The zero-order chi connectivity index (χ0) is 17.7. The van der Waals surface area contributed by atoms with Crippen molar-refractivity contribution in [1.29, 1.82) is 0 Å². The Kier molecular flexibility index (Phi) is 6.33. The van der Waals surface area contributed by atoms with E-state index in [1.54, 1.807) is 7.11 Å². The lowest BCUT2D eigenvalue weighted by Crippen LogP contribution is -2.55. The molecule has 5 heteroatoms. The van der Waals surface area contributed by atoms with Gasteiger partial charge < -0.3 is 19.5 Å². The number of allylic oxidation sites excluding steroid dienone is 3. The van der Waals surface area contributed by atoms with Gasteiger partial charge >= 0.3 is 6.09 Å². The Labute approximate surface area is 145 Å². The molecule has 0 bridgehead atoms. The number of methoxy groups -OCH3 is 1. The van der Waals surface area contributed by atoms with Gasteiger partial charge in [-0.2, -0.15) is 0 Å². The molecule has 1 saturated heterocycles. The Morgan fingerprint density at radius 1 is 1.33 bits per heavy atom. The summed E-state index contributed by atoms with van der Waals surface area (Å²) < 4.78 is 11.2. The van der Waals surface area contributed by atoms with Crippen LogP contribution in [0.2, 0.25) is 0 Å². The van der Waals surface area contributed by atoms with Gasteiger partial charge in [-0.1, -0.05) is 19.9 Å². The standard InChI is InChI=1S/C19H31NO4/c1-14(2)19(10-5-13-21)11-12-20(18(22)24-19)15(3)16-6-8-17(23-4)9-7-16/h6,8,14-15,21H,5,7,9-13H2,1-4H3/t15-,19?/m0/s1. The molecule has 0 aromatic heterocycles. The molecular weight excluding hydrogens is 306 g/mol. The molecule has 2 rings (SSSR count). The number of aliphatic hydroxyl groups excluding tert-OH is 1. The van der Waals surface area contributed by atoms with Crippen LogP contribution in [-0.2, 0) is 9.47 Å². The molecule has 1 amide bonds. The van der Waals surface area contributed by atoms with Crippen LogP contribution in [0.25, 0.3) is 0 Å². The minimum atomic E-state index is -0.444. The number of cyclic esters (lactones) is 1. The summed E-state index contributed by atoms with van der Waals surface area (Å²) in [5.41, 5.74) is 0.792. The highest BCUT2D eigenvalue weighted by Crippen LogP contribution is 2.37. The summed E-state index contributed by atoms with van der Waals surface area (Å²) in [7, 11) is 1.69. The van der Waals surface area contributed by atoms with Crippen LogP contribution in [0.1, 0.15) is 52.9 Å². The van der Waals surface area contributed by atoms with Gasteiger partial charge in [0.2, 0.25) is 0 Å². The van der Waals surface area contributed by atoms with Crippen molar-refractivity contribution in [2.75, 3.05) is 20.3 Å². The van der Waals surface area contributed by atoms with Crippen LogP contribution in [0.15, 0.2) is 23.5 Å². The molecule has 2 atom stereocenters. The molecule has 0 radical (unpaired) electrons. The quantitative estimate of drug-likeness (QED) is 0.770. The maximum absolute atomic E-state index is 12.7. The Morgan fingerprint density at radius 2 is 2.08 bits per heavy atom. The summed E-state index contributed by atoms with van der Waals surface area (Å²) in [6, 6.07) is 0.0372. The molecule has 24 heavy (non-hydrogen) atoms. The molecule has 0 aromatic rings. The number of aliphatic hydroxyl groups is 1. The molecule has 136 valence electrons. The van der Waals surface area contributed by atoms with Gasteiger partial charge in [-0.25, -0.2) is 4.79 Å². The lowest BCUT2D eigenvalue weighted by atomic mass is 9.81. The fraction of sp³-hybridized carbons (Fsp3) is 0.737. The second kappa shape index (κ2) is 8.06. The van der Waals surface area contributed by atoms with Crippen LogP contribution in [0.4, 0.5) is 4.79 Å². The van der Waals surface area contributed by atoms with Crippen molar-refractivity contribution in [2.24, 2.45) is 5.92 Å². The Morgan fingerprint density at radius 3 is 2.58 bits per heavy atom. The van der Waals surface area contributed by atoms with Crippen molar-refractivity contribution < 1.29 is 19.4 Å². The zero-order valence-electron chi connectivity index (χ0n) is 15.4. The van der Waals surface area contributed by atoms with Gasteiger partial charge in [0, 0.05) is 26.0 Å². The average molecular weight is 337 g/mol. The highest BCUT2D eigenvalue weighted by Gasteiger charge is 2.44. The van der Waals surface area contributed by atoms with Gasteiger partial charge in [-0.3, -0.25) is 0 Å². The molecule has 5 nitrogen and oxygen atoms in total. The molecule has 1 fully saturated rings. The number of hydrogen-bond acceptors (Lipinski definition) is 4. The minimum absolute atomic E-state index is 0.0372. The van der Waals surface area contributed by atoms with Crippen molar-refractivity contribution in [3.63, 3.8) is 0 Å². The molecule has 1 N–H and O–H groups in total. The third-order valence-electron chi connectivity index (χ3n) is 5.52. The smallest absolute Gasteiger partial charge is 0.410 e. The Bertz CT molecular complexity index is 511. The van der Waals surface area contributed by atoms with Crippen LogP contribution in [-0.4, -0.2) is 48.0 Å². The van der Waals surface area contributed by atoms with Gasteiger partial charge in [0.15, 0.2) is 0 Å². The van der Waals surface area contributed by atoms with Crippen LogP contribution >= 0.6 is 0 Å². The van der Waals surface area contributed by atoms with Crippen LogP contribution in [0, 0.1) is 5.92 Å². The number of amides is 1. The number of nitrogens with zero attached hydrogens (tertiary/aromatic N) is 1. The largest absolute Gasteiger partial charge is 0.501 e. The first kappa shape index (κ1) is 18.8. The molecule has 0 aromatic carbocycles. The first-order valence-electron chi connectivity index (χ1n) is 8.97. The minimum Gasteiger partial charge on any atom is -0.501 e. The summed E-state index contributed by atoms with van der Waals surface area (Å²) in [5, 5.41) is 9.14. The van der Waals surface area contributed by atoms with Crippen molar-refractivity contribution in [3.8, 4) is 0 Å². The van der Waals surface area contributed by atoms with Gasteiger partial charge in [-0.05, 0) is 43.8 Å². The second-order valence-electron chi connectivity index (χ2n) is 7.11. The SMILES string of the molecule is COC1=CC=C([C@H](C)N2CCC(CCCO)(C(C)C)OC2=O)CC1. The number of hydrogen-bond donors (Lipinski definition) is 1. The van der Waals surface area contributed by atoms with E-state index in [0.717, 1.165) is 31.4 Å². The molecule has 1 aliphatic carbocycles. The Balaban J connectivity index is 2.06. The number of ether oxygens (including phenoxy) is 2. The van der Waals surface area contributed by atoms with Crippen LogP contribution in [0.5, 0.6) is 0 Å². The molecule has 1 aliphatic heterocycles. The molecule has 0 saturated carbocycles. The fourth-order valence-corrected chi connectivity index (χ4v) is 3.64. The van der Waals surface area contributed by atoms with Gasteiger partial charge in [-0.15, -0.1) is 0 Å². The maximum atomic E-state index is 12.7. The van der Waals surface area contributed by atoms with E-state index in [1.165, 1.54) is 5.57 Å². The van der Waals surface area contributed by atoms with Crippen molar-refractivity contribution in [2.45, 2.75) is 64.5 Å². The molecule has 2 aliphatic rings. The molecule has 1 unspecified atom stereocenters. The van der Waals surface area contributed by atoms with Gasteiger partial charge in [0.25, 0.3) is 0 Å². The van der Waals surface area contributed by atoms with E-state index in [2.05, 4.69) is 26.8 Å². The highest BCUT2D eigenvalue weighted by atomic mass is 16.6. The topological polar surface area (TPSA) is 59.0 Å². The lowest BCUT2D eigenvalue weighted by molar-refractivity contribution is -0.0871. The molecular formula is C19H31NO4. The third-order valence-corrected chi connectivity index (χ3v) is 5.52. The van der Waals surface area contributed by atoms with E-state index in [0.29, 0.717) is 13.0 Å². The summed E-state index contributed by atoms with van der Waals surface area (Å²) in [6.45, 7) is 7.07. The summed E-state index contributed by atoms with van der Waals surface area (Å²) in [4.78, 5) is 14.5. The Hall–Kier alpha value is -1.49. The molecule has 1 heterocycles. The van der Waals surface area contributed by atoms with Crippen LogP contribution in [0.3, 0.4) is 0 Å². The normalized spacial score (nSPS) is 25.9. The van der Waals surface area contributed by atoms with E-state index in [4.69, 9.17) is 14.6 Å². The van der Waals surface area contributed by atoms with Crippen LogP contribution < -0.4 is 0 Å².